The first-order valence-corrected chi connectivity index (χ1v) is 7.99. The van der Waals surface area contributed by atoms with Gasteiger partial charge in [0, 0.05) is 31.2 Å². The summed E-state index contributed by atoms with van der Waals surface area (Å²) in [6.07, 6.45) is 1.47. The Morgan fingerprint density at radius 1 is 1.08 bits per heavy atom. The van der Waals surface area contributed by atoms with Crippen molar-refractivity contribution >= 4 is 17.5 Å². The normalized spacial score (nSPS) is 15.1. The molecule has 2 heterocycles. The highest BCUT2D eigenvalue weighted by atomic mass is 19.4. The zero-order valence-electron chi connectivity index (χ0n) is 13.4. The number of likely N-dealkylation sites (tertiary alicyclic amines) is 1. The molecular formula is C17H17F3N4O. The molecule has 1 aliphatic heterocycles. The highest BCUT2D eigenvalue weighted by molar-refractivity contribution is 5.93. The van der Waals surface area contributed by atoms with Crippen LogP contribution >= 0.6 is 0 Å². The third kappa shape index (κ3) is 4.26. The van der Waals surface area contributed by atoms with Crippen LogP contribution < -0.4 is 5.32 Å². The maximum absolute atomic E-state index is 12.7. The largest absolute Gasteiger partial charge is 0.416 e. The van der Waals surface area contributed by atoms with Crippen LogP contribution in [0.3, 0.4) is 0 Å². The third-order valence-corrected chi connectivity index (χ3v) is 3.99. The summed E-state index contributed by atoms with van der Waals surface area (Å²) in [5.41, 5.74) is -0.157. The summed E-state index contributed by atoms with van der Waals surface area (Å²) < 4.78 is 38.2. The minimum Gasteiger partial charge on any atom is -0.339 e. The van der Waals surface area contributed by atoms with Crippen LogP contribution in [-0.2, 0) is 6.18 Å². The Balaban J connectivity index is 1.69. The maximum atomic E-state index is 12.7. The molecule has 0 atom stereocenters. The van der Waals surface area contributed by atoms with Crippen LogP contribution in [0.1, 0.15) is 35.2 Å². The molecule has 1 saturated heterocycles. The van der Waals surface area contributed by atoms with E-state index in [2.05, 4.69) is 15.3 Å². The molecule has 132 valence electrons. The van der Waals surface area contributed by atoms with Crippen molar-refractivity contribution in [3.63, 3.8) is 0 Å². The van der Waals surface area contributed by atoms with E-state index in [1.807, 2.05) is 0 Å². The Morgan fingerprint density at radius 3 is 2.40 bits per heavy atom. The van der Waals surface area contributed by atoms with Gasteiger partial charge in [0.05, 0.1) is 11.1 Å². The lowest BCUT2D eigenvalue weighted by molar-refractivity contribution is -0.137. The predicted octanol–water partition coefficient (Wildman–Crippen LogP) is 3.87. The Morgan fingerprint density at radius 2 is 1.76 bits per heavy atom. The van der Waals surface area contributed by atoms with Gasteiger partial charge in [-0.3, -0.25) is 4.79 Å². The quantitative estimate of drug-likeness (QED) is 0.913. The molecule has 1 aliphatic rings. The number of amides is 1. The molecule has 0 saturated carbocycles. The van der Waals surface area contributed by atoms with E-state index in [0.717, 1.165) is 44.5 Å². The molecule has 0 spiro atoms. The fourth-order valence-electron chi connectivity index (χ4n) is 2.68. The monoisotopic (exact) mass is 350 g/mol. The number of carbonyl (C=O) groups excluding carboxylic acids is 1. The summed E-state index contributed by atoms with van der Waals surface area (Å²) in [4.78, 5) is 22.2. The van der Waals surface area contributed by atoms with Crippen LogP contribution in [0.4, 0.5) is 24.8 Å². The number of piperidine rings is 1. The lowest BCUT2D eigenvalue weighted by Crippen LogP contribution is -2.35. The first-order chi connectivity index (χ1) is 11.9. The number of benzene rings is 1. The number of hydrogen-bond donors (Lipinski definition) is 1. The molecule has 0 radical (unpaired) electrons. The molecule has 2 aromatic rings. The molecule has 5 nitrogen and oxygen atoms in total. The van der Waals surface area contributed by atoms with Crippen molar-refractivity contribution in [3.8, 4) is 0 Å². The molecule has 1 aromatic carbocycles. The number of carbonyl (C=O) groups is 1. The number of halogens is 3. The van der Waals surface area contributed by atoms with E-state index in [9.17, 15) is 18.0 Å². The summed E-state index contributed by atoms with van der Waals surface area (Å²) in [5, 5.41) is 2.71. The smallest absolute Gasteiger partial charge is 0.339 e. The number of nitrogens with one attached hydrogen (secondary N) is 1. The second-order valence-corrected chi connectivity index (χ2v) is 5.85. The Bertz CT molecular complexity index is 740. The Hall–Kier alpha value is -2.64. The Labute approximate surface area is 142 Å². The van der Waals surface area contributed by atoms with E-state index in [0.29, 0.717) is 5.56 Å². The maximum Gasteiger partial charge on any atom is 0.416 e. The van der Waals surface area contributed by atoms with E-state index in [-0.39, 0.29) is 17.5 Å². The van der Waals surface area contributed by atoms with Gasteiger partial charge in [-0.15, -0.1) is 0 Å². The van der Waals surface area contributed by atoms with Crippen molar-refractivity contribution in [1.29, 1.82) is 0 Å². The van der Waals surface area contributed by atoms with Crippen molar-refractivity contribution < 1.29 is 18.0 Å². The number of anilines is 2. The molecule has 1 N–H and O–H groups in total. The zero-order chi connectivity index (χ0) is 17.9. The molecule has 0 unspecified atom stereocenters. The average molecular weight is 350 g/mol. The molecular weight excluding hydrogens is 333 g/mol. The molecule has 1 aromatic heterocycles. The van der Waals surface area contributed by atoms with Crippen molar-refractivity contribution in [2.24, 2.45) is 0 Å². The molecule has 0 aliphatic carbocycles. The van der Waals surface area contributed by atoms with E-state index >= 15 is 0 Å². The van der Waals surface area contributed by atoms with Crippen LogP contribution in [0, 0.1) is 0 Å². The minimum atomic E-state index is -4.41. The van der Waals surface area contributed by atoms with Gasteiger partial charge in [0.2, 0.25) is 5.95 Å². The number of hydrogen-bond acceptors (Lipinski definition) is 4. The van der Waals surface area contributed by atoms with Crippen molar-refractivity contribution in [1.82, 2.24) is 14.9 Å². The van der Waals surface area contributed by atoms with Gasteiger partial charge in [-0.05, 0) is 37.5 Å². The van der Waals surface area contributed by atoms with E-state index < -0.39 is 11.7 Å². The molecule has 1 fully saturated rings. The summed E-state index contributed by atoms with van der Waals surface area (Å²) >= 11 is 0. The number of alkyl halides is 3. The van der Waals surface area contributed by atoms with E-state index in [1.54, 1.807) is 4.90 Å². The molecule has 25 heavy (non-hydrogen) atoms. The fourth-order valence-corrected chi connectivity index (χ4v) is 2.68. The summed E-state index contributed by atoms with van der Waals surface area (Å²) in [6.45, 7) is 1.45. The van der Waals surface area contributed by atoms with E-state index in [4.69, 9.17) is 0 Å². The molecule has 3 rings (SSSR count). The second kappa shape index (κ2) is 7.08. The average Bonchev–Trinajstić information content (AvgIpc) is 2.62. The van der Waals surface area contributed by atoms with Gasteiger partial charge in [-0.2, -0.15) is 13.2 Å². The lowest BCUT2D eigenvalue weighted by Gasteiger charge is -2.26. The van der Waals surface area contributed by atoms with Gasteiger partial charge in [0.25, 0.3) is 5.91 Å². The standard InChI is InChI=1S/C17H17F3N4O/c18-17(19,20)13-5-4-6-14(9-13)23-16-21-10-12(11-22-16)15(25)24-7-2-1-3-8-24/h4-6,9-11H,1-3,7-8H2,(H,21,22,23). The fraction of sp³-hybridized carbons (Fsp3) is 0.353. The van der Waals surface area contributed by atoms with Crippen molar-refractivity contribution in [2.75, 3.05) is 18.4 Å². The molecule has 1 amide bonds. The minimum absolute atomic E-state index is 0.120. The topological polar surface area (TPSA) is 58.1 Å². The van der Waals surface area contributed by atoms with Gasteiger partial charge < -0.3 is 10.2 Å². The second-order valence-electron chi connectivity index (χ2n) is 5.85. The highest BCUT2D eigenvalue weighted by Gasteiger charge is 2.30. The summed E-state index contributed by atoms with van der Waals surface area (Å²) in [5.74, 6) is 0.0137. The van der Waals surface area contributed by atoms with Gasteiger partial charge in [-0.25, -0.2) is 9.97 Å². The first kappa shape index (κ1) is 17.2. The van der Waals surface area contributed by atoms with Crippen LogP contribution in [0.15, 0.2) is 36.7 Å². The van der Waals surface area contributed by atoms with Crippen LogP contribution in [0.2, 0.25) is 0 Å². The number of nitrogens with zero attached hydrogens (tertiary/aromatic N) is 3. The summed E-state index contributed by atoms with van der Waals surface area (Å²) in [7, 11) is 0. The van der Waals surface area contributed by atoms with Crippen LogP contribution in [0.25, 0.3) is 0 Å². The van der Waals surface area contributed by atoms with Crippen LogP contribution in [-0.4, -0.2) is 33.9 Å². The van der Waals surface area contributed by atoms with E-state index in [1.165, 1.54) is 24.5 Å². The Kier molecular flexibility index (Phi) is 4.87. The van der Waals surface area contributed by atoms with Crippen molar-refractivity contribution in [2.45, 2.75) is 25.4 Å². The lowest BCUT2D eigenvalue weighted by atomic mass is 10.1. The third-order valence-electron chi connectivity index (χ3n) is 3.99. The predicted molar refractivity (Wildman–Crippen MR) is 86.5 cm³/mol. The summed E-state index contributed by atoms with van der Waals surface area (Å²) in [6, 6.07) is 4.77. The molecule has 0 bridgehead atoms. The molecule has 8 heteroatoms. The SMILES string of the molecule is O=C(c1cnc(Nc2cccc(C(F)(F)F)c2)nc1)N1CCCCC1. The van der Waals surface area contributed by atoms with Crippen molar-refractivity contribution in [3.05, 3.63) is 47.8 Å². The first-order valence-electron chi connectivity index (χ1n) is 7.99. The number of aromatic nitrogens is 2. The van der Waals surface area contributed by atoms with Gasteiger partial charge in [-0.1, -0.05) is 6.07 Å². The number of rotatable bonds is 3. The van der Waals surface area contributed by atoms with Gasteiger partial charge >= 0.3 is 6.18 Å². The van der Waals surface area contributed by atoms with Crippen LogP contribution in [0.5, 0.6) is 0 Å². The highest BCUT2D eigenvalue weighted by Crippen LogP contribution is 2.31. The van der Waals surface area contributed by atoms with Gasteiger partial charge in [0.15, 0.2) is 0 Å². The zero-order valence-corrected chi connectivity index (χ0v) is 13.4. The van der Waals surface area contributed by atoms with Gasteiger partial charge in [0.1, 0.15) is 0 Å².